The summed E-state index contributed by atoms with van der Waals surface area (Å²) in [6.45, 7) is 1.98. The Labute approximate surface area is 132 Å². The van der Waals surface area contributed by atoms with E-state index < -0.39 is 5.82 Å². The molecule has 0 saturated heterocycles. The molecule has 2 aromatic heterocycles. The Morgan fingerprint density at radius 3 is 2.91 bits per heavy atom. The van der Waals surface area contributed by atoms with Crippen molar-refractivity contribution in [3.05, 3.63) is 71.5 Å². The number of carbonyl (C=O) groups excluding carboxylic acids is 1. The highest BCUT2D eigenvalue weighted by Crippen LogP contribution is 2.25. The van der Waals surface area contributed by atoms with E-state index in [1.54, 1.807) is 37.5 Å². The molecule has 2 heterocycles. The van der Waals surface area contributed by atoms with Crippen molar-refractivity contribution in [2.24, 2.45) is 0 Å². The summed E-state index contributed by atoms with van der Waals surface area (Å²) in [6, 6.07) is 9.55. The number of hydrogen-bond acceptors (Lipinski definition) is 4. The molecule has 0 aliphatic rings. The van der Waals surface area contributed by atoms with Gasteiger partial charge in [0, 0.05) is 24.5 Å². The first-order valence-corrected chi connectivity index (χ1v) is 7.04. The summed E-state index contributed by atoms with van der Waals surface area (Å²) in [4.78, 5) is 16.4. The fraction of sp³-hybridized carbons (Fsp3) is 0.118. The second-order valence-corrected chi connectivity index (χ2v) is 5.02. The van der Waals surface area contributed by atoms with Crippen LogP contribution >= 0.6 is 0 Å². The monoisotopic (exact) mass is 311 g/mol. The maximum Gasteiger partial charge on any atom is 0.257 e. The highest BCUT2D eigenvalue weighted by Gasteiger charge is 2.21. The molecule has 6 heteroatoms. The number of rotatable bonds is 4. The molecule has 0 unspecified atom stereocenters. The van der Waals surface area contributed by atoms with Gasteiger partial charge in [-0.25, -0.2) is 4.39 Å². The third-order valence-corrected chi connectivity index (χ3v) is 3.36. The molecule has 3 rings (SSSR count). The minimum absolute atomic E-state index is 0.305. The van der Waals surface area contributed by atoms with Crippen molar-refractivity contribution in [3.63, 3.8) is 0 Å². The molecule has 1 aromatic carbocycles. The molecule has 0 radical (unpaired) electrons. The number of aromatic nitrogens is 2. The van der Waals surface area contributed by atoms with Crippen LogP contribution in [0.25, 0.3) is 11.3 Å². The first-order chi connectivity index (χ1) is 11.1. The van der Waals surface area contributed by atoms with Gasteiger partial charge in [0.25, 0.3) is 5.91 Å². The first-order valence-electron chi connectivity index (χ1n) is 7.04. The van der Waals surface area contributed by atoms with Crippen LogP contribution in [0.15, 0.2) is 53.3 Å². The molecule has 0 aliphatic heterocycles. The molecule has 0 aliphatic carbocycles. The lowest BCUT2D eigenvalue weighted by Gasteiger charge is -2.06. The van der Waals surface area contributed by atoms with Crippen molar-refractivity contribution >= 4 is 5.91 Å². The summed E-state index contributed by atoms with van der Waals surface area (Å²) in [7, 11) is 0. The average Bonchev–Trinajstić information content (AvgIpc) is 2.95. The topological polar surface area (TPSA) is 68.0 Å². The van der Waals surface area contributed by atoms with E-state index in [2.05, 4.69) is 15.5 Å². The van der Waals surface area contributed by atoms with Crippen molar-refractivity contribution in [1.29, 1.82) is 0 Å². The van der Waals surface area contributed by atoms with E-state index in [9.17, 15) is 9.18 Å². The molecule has 23 heavy (non-hydrogen) atoms. The number of benzene rings is 1. The van der Waals surface area contributed by atoms with Gasteiger partial charge in [0.1, 0.15) is 22.8 Å². The van der Waals surface area contributed by atoms with Crippen molar-refractivity contribution in [2.45, 2.75) is 13.5 Å². The lowest BCUT2D eigenvalue weighted by Crippen LogP contribution is -2.23. The zero-order valence-corrected chi connectivity index (χ0v) is 12.4. The number of carbonyl (C=O) groups is 1. The highest BCUT2D eigenvalue weighted by atomic mass is 19.1. The van der Waals surface area contributed by atoms with E-state index in [-0.39, 0.29) is 5.91 Å². The summed E-state index contributed by atoms with van der Waals surface area (Å²) >= 11 is 0. The van der Waals surface area contributed by atoms with Crippen LogP contribution in [-0.2, 0) is 6.54 Å². The summed E-state index contributed by atoms with van der Waals surface area (Å²) in [5.74, 6) is -0.343. The summed E-state index contributed by atoms with van der Waals surface area (Å²) in [5.41, 5.74) is 2.00. The summed E-state index contributed by atoms with van der Waals surface area (Å²) in [5, 5.41) is 6.68. The quantitative estimate of drug-likeness (QED) is 0.804. The van der Waals surface area contributed by atoms with E-state index >= 15 is 0 Å². The first kappa shape index (κ1) is 14.9. The van der Waals surface area contributed by atoms with Crippen LogP contribution in [0.4, 0.5) is 4.39 Å². The Morgan fingerprint density at radius 1 is 1.30 bits per heavy atom. The van der Waals surface area contributed by atoms with Crippen LogP contribution in [-0.4, -0.2) is 16.0 Å². The standard InChI is InChI=1S/C17H14FN3O2/c1-11-15(17(22)20-10-12-4-3-7-19-9-12)16(21-23-11)13-5-2-6-14(18)8-13/h2-9H,10H2,1H3,(H,20,22). The van der Waals surface area contributed by atoms with E-state index in [4.69, 9.17) is 4.52 Å². The predicted molar refractivity (Wildman–Crippen MR) is 82.0 cm³/mol. The van der Waals surface area contributed by atoms with Gasteiger partial charge in [-0.05, 0) is 30.7 Å². The number of hydrogen-bond donors (Lipinski definition) is 1. The number of nitrogens with one attached hydrogen (secondary N) is 1. The molecule has 1 amide bonds. The van der Waals surface area contributed by atoms with Gasteiger partial charge in [-0.3, -0.25) is 9.78 Å². The second kappa shape index (κ2) is 6.39. The normalized spacial score (nSPS) is 10.5. The molecule has 0 fully saturated rings. The van der Waals surface area contributed by atoms with Crippen molar-refractivity contribution in [1.82, 2.24) is 15.5 Å². The van der Waals surface area contributed by atoms with Gasteiger partial charge in [-0.1, -0.05) is 23.4 Å². The van der Waals surface area contributed by atoms with Crippen LogP contribution in [0.1, 0.15) is 21.7 Å². The molecule has 5 nitrogen and oxygen atoms in total. The molecule has 3 aromatic rings. The van der Waals surface area contributed by atoms with Crippen LogP contribution in [0.2, 0.25) is 0 Å². The number of halogens is 1. The minimum atomic E-state index is -0.398. The summed E-state index contributed by atoms with van der Waals surface area (Å²) < 4.78 is 18.5. The molecule has 1 N–H and O–H groups in total. The Bertz CT molecular complexity index is 831. The van der Waals surface area contributed by atoms with E-state index in [1.807, 2.05) is 6.07 Å². The van der Waals surface area contributed by atoms with E-state index in [1.165, 1.54) is 12.1 Å². The van der Waals surface area contributed by atoms with Crippen LogP contribution in [0, 0.1) is 12.7 Å². The van der Waals surface area contributed by atoms with Gasteiger partial charge in [0.05, 0.1) is 0 Å². The van der Waals surface area contributed by atoms with Gasteiger partial charge < -0.3 is 9.84 Å². The third-order valence-electron chi connectivity index (χ3n) is 3.36. The molecular formula is C17H14FN3O2. The van der Waals surface area contributed by atoms with E-state index in [0.717, 1.165) is 5.56 Å². The van der Waals surface area contributed by atoms with Gasteiger partial charge in [-0.2, -0.15) is 0 Å². The molecule has 0 spiro atoms. The number of nitrogens with zero attached hydrogens (tertiary/aromatic N) is 2. The predicted octanol–water partition coefficient (Wildman–Crippen LogP) is 3.11. The molecule has 0 atom stereocenters. The average molecular weight is 311 g/mol. The van der Waals surface area contributed by atoms with Gasteiger partial charge in [0.2, 0.25) is 0 Å². The maximum absolute atomic E-state index is 13.4. The van der Waals surface area contributed by atoms with Crippen molar-refractivity contribution < 1.29 is 13.7 Å². The second-order valence-electron chi connectivity index (χ2n) is 5.02. The Hall–Kier alpha value is -3.02. The third kappa shape index (κ3) is 3.26. The fourth-order valence-electron chi connectivity index (χ4n) is 2.25. The Kier molecular flexibility index (Phi) is 4.14. The molecule has 0 bridgehead atoms. The maximum atomic E-state index is 13.4. The zero-order chi connectivity index (χ0) is 16.2. The number of pyridine rings is 1. The fourth-order valence-corrected chi connectivity index (χ4v) is 2.25. The lowest BCUT2D eigenvalue weighted by molar-refractivity contribution is 0.0950. The largest absolute Gasteiger partial charge is 0.360 e. The minimum Gasteiger partial charge on any atom is -0.360 e. The van der Waals surface area contributed by atoms with Gasteiger partial charge in [0.15, 0.2) is 0 Å². The molecular weight excluding hydrogens is 297 g/mol. The summed E-state index contributed by atoms with van der Waals surface area (Å²) in [6.07, 6.45) is 3.34. The van der Waals surface area contributed by atoms with E-state index in [0.29, 0.717) is 29.1 Å². The Balaban J connectivity index is 1.85. The van der Waals surface area contributed by atoms with Crippen LogP contribution in [0.5, 0.6) is 0 Å². The molecule has 116 valence electrons. The Morgan fingerprint density at radius 2 is 2.17 bits per heavy atom. The smallest absolute Gasteiger partial charge is 0.257 e. The van der Waals surface area contributed by atoms with Crippen LogP contribution in [0.3, 0.4) is 0 Å². The number of amides is 1. The van der Waals surface area contributed by atoms with Crippen molar-refractivity contribution in [3.8, 4) is 11.3 Å². The SMILES string of the molecule is Cc1onc(-c2cccc(F)c2)c1C(=O)NCc1cccnc1. The number of aryl methyl sites for hydroxylation is 1. The highest BCUT2D eigenvalue weighted by molar-refractivity contribution is 6.00. The van der Waals surface area contributed by atoms with Crippen molar-refractivity contribution in [2.75, 3.05) is 0 Å². The van der Waals surface area contributed by atoms with Gasteiger partial charge in [-0.15, -0.1) is 0 Å². The van der Waals surface area contributed by atoms with Crippen LogP contribution < -0.4 is 5.32 Å². The lowest BCUT2D eigenvalue weighted by atomic mass is 10.1. The zero-order valence-electron chi connectivity index (χ0n) is 12.4. The molecule has 0 saturated carbocycles. The van der Waals surface area contributed by atoms with Gasteiger partial charge >= 0.3 is 0 Å².